The summed E-state index contributed by atoms with van der Waals surface area (Å²) in [6.45, 7) is 1.76. The maximum atomic E-state index is 9.17. The first-order chi connectivity index (χ1) is 15.1. The highest BCUT2D eigenvalue weighted by Crippen LogP contribution is 2.34. The van der Waals surface area contributed by atoms with Crippen LogP contribution in [0, 0.1) is 11.3 Å². The Morgan fingerprint density at radius 1 is 1.00 bits per heavy atom. The standard InChI is InChI=1S/C24H23N7/c1-30-15-19-12-18(6-7-22(19)29-30)24-21(17-4-2-16(14-25)3-5-17)13-23(27-28-24)31-10-8-20(26)9-11-31/h2-7,12-13,15,20H,8-11,26H2,1H3. The van der Waals surface area contributed by atoms with Crippen LogP contribution in [0.3, 0.4) is 0 Å². The molecule has 2 aromatic heterocycles. The van der Waals surface area contributed by atoms with Crippen molar-refractivity contribution in [3.63, 3.8) is 0 Å². The average molecular weight is 409 g/mol. The van der Waals surface area contributed by atoms with E-state index in [0.717, 1.165) is 65.0 Å². The Bertz CT molecular complexity index is 1280. The lowest BCUT2D eigenvalue weighted by Crippen LogP contribution is -2.40. The van der Waals surface area contributed by atoms with Crippen LogP contribution in [0.2, 0.25) is 0 Å². The van der Waals surface area contributed by atoms with Gasteiger partial charge >= 0.3 is 0 Å². The van der Waals surface area contributed by atoms with Crippen LogP contribution >= 0.6 is 0 Å². The molecule has 7 nitrogen and oxygen atoms in total. The number of piperidine rings is 1. The molecule has 0 unspecified atom stereocenters. The molecule has 0 atom stereocenters. The van der Waals surface area contributed by atoms with Crippen LogP contribution in [-0.2, 0) is 7.05 Å². The molecule has 1 fully saturated rings. The van der Waals surface area contributed by atoms with Gasteiger partial charge in [0.25, 0.3) is 0 Å². The number of nitrogens with two attached hydrogens (primary N) is 1. The second kappa shape index (κ2) is 7.82. The van der Waals surface area contributed by atoms with E-state index in [1.54, 1.807) is 0 Å². The molecule has 3 heterocycles. The SMILES string of the molecule is Cn1cc2cc(-c3nnc(N4CCC(N)CC4)cc3-c3ccc(C#N)cc3)ccc2n1. The van der Waals surface area contributed by atoms with Crippen LogP contribution < -0.4 is 10.6 Å². The van der Waals surface area contributed by atoms with Gasteiger partial charge in [-0.2, -0.15) is 10.4 Å². The second-order valence-corrected chi connectivity index (χ2v) is 8.05. The van der Waals surface area contributed by atoms with E-state index in [2.05, 4.69) is 38.4 Å². The van der Waals surface area contributed by atoms with Crippen molar-refractivity contribution in [2.45, 2.75) is 18.9 Å². The normalized spacial score (nSPS) is 14.7. The van der Waals surface area contributed by atoms with Gasteiger partial charge in [0.05, 0.1) is 17.1 Å². The van der Waals surface area contributed by atoms with E-state index in [0.29, 0.717) is 5.56 Å². The van der Waals surface area contributed by atoms with Crippen molar-refractivity contribution >= 4 is 16.7 Å². The lowest BCUT2D eigenvalue weighted by molar-refractivity contribution is 0.497. The van der Waals surface area contributed by atoms with Crippen molar-refractivity contribution in [2.75, 3.05) is 18.0 Å². The largest absolute Gasteiger partial charge is 0.355 e. The van der Waals surface area contributed by atoms with Crippen molar-refractivity contribution in [3.8, 4) is 28.5 Å². The number of aryl methyl sites for hydroxylation is 1. The fraction of sp³-hybridized carbons (Fsp3) is 0.250. The Morgan fingerprint density at radius 3 is 2.48 bits per heavy atom. The van der Waals surface area contributed by atoms with Gasteiger partial charge in [-0.25, -0.2) is 0 Å². The van der Waals surface area contributed by atoms with Gasteiger partial charge in [-0.05, 0) is 48.7 Å². The molecule has 1 aliphatic rings. The molecule has 154 valence electrons. The van der Waals surface area contributed by atoms with Crippen LogP contribution in [0.15, 0.2) is 54.7 Å². The van der Waals surface area contributed by atoms with E-state index in [1.807, 2.05) is 54.3 Å². The van der Waals surface area contributed by atoms with Gasteiger partial charge < -0.3 is 10.6 Å². The summed E-state index contributed by atoms with van der Waals surface area (Å²) in [5, 5.41) is 23.9. The number of fused-ring (bicyclic) bond motifs is 1. The van der Waals surface area contributed by atoms with Crippen LogP contribution in [0.5, 0.6) is 0 Å². The Balaban J connectivity index is 1.62. The summed E-state index contributed by atoms with van der Waals surface area (Å²) in [6, 6.07) is 18.3. The summed E-state index contributed by atoms with van der Waals surface area (Å²) >= 11 is 0. The summed E-state index contributed by atoms with van der Waals surface area (Å²) in [7, 11) is 1.92. The maximum absolute atomic E-state index is 9.17. The summed E-state index contributed by atoms with van der Waals surface area (Å²) < 4.78 is 1.81. The smallest absolute Gasteiger partial charge is 0.151 e. The number of anilines is 1. The Hall–Kier alpha value is -3.76. The molecule has 0 spiro atoms. The van der Waals surface area contributed by atoms with Crippen molar-refractivity contribution in [1.29, 1.82) is 5.26 Å². The highest BCUT2D eigenvalue weighted by atomic mass is 15.3. The van der Waals surface area contributed by atoms with Crippen LogP contribution in [0.4, 0.5) is 5.82 Å². The minimum atomic E-state index is 0.257. The van der Waals surface area contributed by atoms with Gasteiger partial charge in [0.2, 0.25) is 0 Å². The first-order valence-corrected chi connectivity index (χ1v) is 10.4. The molecular formula is C24H23N7. The average Bonchev–Trinajstić information content (AvgIpc) is 3.18. The van der Waals surface area contributed by atoms with E-state index in [9.17, 15) is 5.26 Å². The zero-order valence-electron chi connectivity index (χ0n) is 17.4. The molecule has 0 bridgehead atoms. The highest BCUT2D eigenvalue weighted by molar-refractivity contribution is 5.88. The monoisotopic (exact) mass is 409 g/mol. The molecule has 0 radical (unpaired) electrons. The van der Waals surface area contributed by atoms with Crippen LogP contribution in [-0.4, -0.2) is 39.1 Å². The molecule has 0 amide bonds. The zero-order chi connectivity index (χ0) is 21.4. The summed E-state index contributed by atoms with van der Waals surface area (Å²) in [6.07, 6.45) is 3.90. The molecule has 2 aromatic carbocycles. The van der Waals surface area contributed by atoms with Gasteiger partial charge in [-0.3, -0.25) is 4.68 Å². The van der Waals surface area contributed by atoms with E-state index in [-0.39, 0.29) is 6.04 Å². The van der Waals surface area contributed by atoms with Gasteiger partial charge in [-0.15, -0.1) is 10.2 Å². The first-order valence-electron chi connectivity index (χ1n) is 10.4. The lowest BCUT2D eigenvalue weighted by atomic mass is 9.98. The summed E-state index contributed by atoms with van der Waals surface area (Å²) in [5.41, 5.74) is 11.4. The number of hydrogen-bond donors (Lipinski definition) is 1. The molecule has 0 saturated carbocycles. The first kappa shape index (κ1) is 19.2. The number of hydrogen-bond acceptors (Lipinski definition) is 6. The maximum Gasteiger partial charge on any atom is 0.151 e. The van der Waals surface area contributed by atoms with Gasteiger partial charge in [0.1, 0.15) is 5.69 Å². The molecule has 0 aliphatic carbocycles. The Morgan fingerprint density at radius 2 is 1.74 bits per heavy atom. The highest BCUT2D eigenvalue weighted by Gasteiger charge is 2.20. The van der Waals surface area contributed by atoms with Gasteiger partial charge in [-0.1, -0.05) is 18.2 Å². The zero-order valence-corrected chi connectivity index (χ0v) is 17.4. The summed E-state index contributed by atoms with van der Waals surface area (Å²) in [4.78, 5) is 2.25. The molecule has 1 aliphatic heterocycles. The number of benzene rings is 2. The number of nitrogens with zero attached hydrogens (tertiary/aromatic N) is 6. The van der Waals surface area contributed by atoms with Crippen LogP contribution in [0.1, 0.15) is 18.4 Å². The Kier molecular flexibility index (Phi) is 4.85. The summed E-state index contributed by atoms with van der Waals surface area (Å²) in [5.74, 6) is 0.859. The molecule has 1 saturated heterocycles. The molecule has 31 heavy (non-hydrogen) atoms. The third-order valence-corrected chi connectivity index (χ3v) is 5.86. The van der Waals surface area contributed by atoms with Gasteiger partial charge in [0, 0.05) is 48.9 Å². The molecule has 7 heteroatoms. The van der Waals surface area contributed by atoms with Crippen molar-refractivity contribution in [1.82, 2.24) is 20.0 Å². The number of rotatable bonds is 3. The third-order valence-electron chi connectivity index (χ3n) is 5.86. The minimum absolute atomic E-state index is 0.257. The molecule has 2 N–H and O–H groups in total. The van der Waals surface area contributed by atoms with Gasteiger partial charge in [0.15, 0.2) is 5.82 Å². The van der Waals surface area contributed by atoms with E-state index >= 15 is 0 Å². The predicted octanol–water partition coefficient (Wildman–Crippen LogP) is 3.50. The molecular weight excluding hydrogens is 386 g/mol. The number of nitriles is 1. The third kappa shape index (κ3) is 3.74. The fourth-order valence-corrected chi connectivity index (χ4v) is 4.12. The predicted molar refractivity (Wildman–Crippen MR) is 121 cm³/mol. The van der Waals surface area contributed by atoms with Crippen LogP contribution in [0.25, 0.3) is 33.3 Å². The minimum Gasteiger partial charge on any atom is -0.355 e. The molecule has 5 rings (SSSR count). The van der Waals surface area contributed by atoms with Crippen molar-refractivity contribution < 1.29 is 0 Å². The quantitative estimate of drug-likeness (QED) is 0.556. The Labute approximate surface area is 180 Å². The topological polar surface area (TPSA) is 96.6 Å². The van der Waals surface area contributed by atoms with E-state index in [1.165, 1.54) is 0 Å². The number of aromatic nitrogens is 4. The van der Waals surface area contributed by atoms with E-state index in [4.69, 9.17) is 5.73 Å². The van der Waals surface area contributed by atoms with Crippen molar-refractivity contribution in [3.05, 3.63) is 60.3 Å². The second-order valence-electron chi connectivity index (χ2n) is 8.05. The fourth-order valence-electron chi connectivity index (χ4n) is 4.12. The van der Waals surface area contributed by atoms with Crippen molar-refractivity contribution in [2.24, 2.45) is 12.8 Å². The van der Waals surface area contributed by atoms with E-state index < -0.39 is 0 Å². The lowest BCUT2D eigenvalue weighted by Gasteiger charge is -2.31. The molecule has 4 aromatic rings.